The monoisotopic (exact) mass is 537 g/mol. The first kappa shape index (κ1) is 24.2. The topological polar surface area (TPSA) is 16.4 Å². The lowest BCUT2D eigenvalue weighted by Crippen LogP contribution is -2.10. The number of para-hydroxylation sites is 2. The zero-order valence-corrected chi connectivity index (χ0v) is 22.9. The molecule has 0 radical (unpaired) electrons. The van der Waals surface area contributed by atoms with E-state index in [0.29, 0.717) is 0 Å². The Morgan fingerprint density at radius 1 is 0.333 bits per heavy atom. The van der Waals surface area contributed by atoms with Gasteiger partial charge in [0.15, 0.2) is 0 Å². The molecule has 1 heterocycles. The summed E-state index contributed by atoms with van der Waals surface area (Å²) in [5.41, 5.74) is 9.87. The molecule has 0 fully saturated rings. The summed E-state index contributed by atoms with van der Waals surface area (Å²) in [5, 5.41) is 4.77. The van der Waals surface area contributed by atoms with E-state index in [2.05, 4.69) is 157 Å². The minimum absolute atomic E-state index is 0.910. The second-order valence-electron chi connectivity index (χ2n) is 10.6. The zero-order chi connectivity index (χ0) is 27.9. The van der Waals surface area contributed by atoms with Crippen LogP contribution >= 0.6 is 0 Å². The maximum absolute atomic E-state index is 6.08. The maximum Gasteiger partial charge on any atom is 0.135 e. The fourth-order valence-electron chi connectivity index (χ4n) is 5.95. The number of rotatable bonds is 5. The highest BCUT2D eigenvalue weighted by atomic mass is 16.3. The standard InChI is InChI=1S/C40H27NO/c1-2-14-34(15-3-1)41(35-16-8-12-30(25-35)32-21-20-28-10-4-5-11-29(28)24-32)36-17-9-13-31(26-36)33-22-23-40-38(27-33)37-18-6-7-19-39(37)42-40/h1-27H. The van der Waals surface area contributed by atoms with Crippen LogP contribution in [0.15, 0.2) is 168 Å². The Kier molecular flexibility index (Phi) is 5.82. The van der Waals surface area contributed by atoms with Crippen LogP contribution in [0.3, 0.4) is 0 Å². The summed E-state index contributed by atoms with van der Waals surface area (Å²) >= 11 is 0. The Morgan fingerprint density at radius 2 is 0.905 bits per heavy atom. The lowest BCUT2D eigenvalue weighted by Gasteiger charge is -2.26. The molecule has 0 N–H and O–H groups in total. The summed E-state index contributed by atoms with van der Waals surface area (Å²) in [4.78, 5) is 2.33. The maximum atomic E-state index is 6.08. The van der Waals surface area contributed by atoms with E-state index in [4.69, 9.17) is 4.42 Å². The van der Waals surface area contributed by atoms with Gasteiger partial charge >= 0.3 is 0 Å². The number of hydrogen-bond acceptors (Lipinski definition) is 2. The van der Waals surface area contributed by atoms with Gasteiger partial charge < -0.3 is 9.32 Å². The largest absolute Gasteiger partial charge is 0.456 e. The molecule has 0 unspecified atom stereocenters. The highest BCUT2D eigenvalue weighted by molar-refractivity contribution is 6.06. The SMILES string of the molecule is c1ccc(N(c2cccc(-c3ccc4ccccc4c3)c2)c2cccc(-c3ccc4oc5ccccc5c4c3)c2)cc1. The van der Waals surface area contributed by atoms with Crippen LogP contribution in [-0.2, 0) is 0 Å². The Morgan fingerprint density at radius 3 is 1.69 bits per heavy atom. The van der Waals surface area contributed by atoms with Crippen molar-refractivity contribution in [2.45, 2.75) is 0 Å². The van der Waals surface area contributed by atoms with E-state index in [9.17, 15) is 0 Å². The molecule has 0 bridgehead atoms. The molecule has 0 saturated heterocycles. The third-order valence-corrected chi connectivity index (χ3v) is 8.02. The van der Waals surface area contributed by atoms with E-state index in [1.54, 1.807) is 0 Å². The minimum Gasteiger partial charge on any atom is -0.456 e. The van der Waals surface area contributed by atoms with E-state index in [-0.39, 0.29) is 0 Å². The molecule has 0 spiro atoms. The molecule has 0 aliphatic rings. The minimum atomic E-state index is 0.910. The van der Waals surface area contributed by atoms with E-state index in [1.165, 1.54) is 21.9 Å². The molecule has 0 aliphatic carbocycles. The van der Waals surface area contributed by atoms with Crippen molar-refractivity contribution in [3.05, 3.63) is 164 Å². The molecule has 2 nitrogen and oxygen atoms in total. The van der Waals surface area contributed by atoms with Crippen LogP contribution in [0.1, 0.15) is 0 Å². The van der Waals surface area contributed by atoms with Crippen LogP contribution in [0, 0.1) is 0 Å². The fourth-order valence-corrected chi connectivity index (χ4v) is 5.95. The second kappa shape index (κ2) is 10.1. The van der Waals surface area contributed by atoms with Crippen LogP contribution < -0.4 is 4.90 Å². The Labute approximate surface area is 244 Å². The average Bonchev–Trinajstić information content (AvgIpc) is 3.43. The molecule has 0 atom stereocenters. The molecule has 8 rings (SSSR count). The van der Waals surface area contributed by atoms with Gasteiger partial charge in [-0.3, -0.25) is 0 Å². The summed E-state index contributed by atoms with van der Waals surface area (Å²) < 4.78 is 6.08. The smallest absolute Gasteiger partial charge is 0.135 e. The molecular formula is C40H27NO. The number of anilines is 3. The molecule has 2 heteroatoms. The highest BCUT2D eigenvalue weighted by Gasteiger charge is 2.15. The van der Waals surface area contributed by atoms with Crippen molar-refractivity contribution in [3.8, 4) is 22.3 Å². The van der Waals surface area contributed by atoms with Gasteiger partial charge in [0.1, 0.15) is 11.2 Å². The number of furan rings is 1. The zero-order valence-electron chi connectivity index (χ0n) is 22.9. The van der Waals surface area contributed by atoms with E-state index < -0.39 is 0 Å². The van der Waals surface area contributed by atoms with Gasteiger partial charge in [-0.2, -0.15) is 0 Å². The first-order chi connectivity index (χ1) is 20.8. The van der Waals surface area contributed by atoms with Crippen LogP contribution in [0.25, 0.3) is 55.0 Å². The van der Waals surface area contributed by atoms with Crippen molar-refractivity contribution in [1.29, 1.82) is 0 Å². The van der Waals surface area contributed by atoms with E-state index in [0.717, 1.165) is 50.1 Å². The predicted molar refractivity (Wildman–Crippen MR) is 177 cm³/mol. The third kappa shape index (κ3) is 4.31. The first-order valence-electron chi connectivity index (χ1n) is 14.3. The van der Waals surface area contributed by atoms with Gasteiger partial charge in [-0.25, -0.2) is 0 Å². The Balaban J connectivity index is 1.24. The number of hydrogen-bond donors (Lipinski definition) is 0. The first-order valence-corrected chi connectivity index (χ1v) is 14.3. The molecule has 8 aromatic rings. The van der Waals surface area contributed by atoms with Gasteiger partial charge in [-0.15, -0.1) is 0 Å². The summed E-state index contributed by atoms with van der Waals surface area (Å²) in [5.74, 6) is 0. The van der Waals surface area contributed by atoms with Gasteiger partial charge in [0.05, 0.1) is 0 Å². The van der Waals surface area contributed by atoms with Crippen molar-refractivity contribution in [1.82, 2.24) is 0 Å². The van der Waals surface area contributed by atoms with Gasteiger partial charge in [0, 0.05) is 27.8 Å². The van der Waals surface area contributed by atoms with Crippen molar-refractivity contribution in [3.63, 3.8) is 0 Å². The number of benzene rings is 7. The van der Waals surface area contributed by atoms with E-state index >= 15 is 0 Å². The number of nitrogens with zero attached hydrogens (tertiary/aromatic N) is 1. The van der Waals surface area contributed by atoms with Crippen LogP contribution in [0.2, 0.25) is 0 Å². The molecule has 42 heavy (non-hydrogen) atoms. The van der Waals surface area contributed by atoms with Crippen LogP contribution in [0.4, 0.5) is 17.1 Å². The van der Waals surface area contributed by atoms with Crippen molar-refractivity contribution >= 4 is 49.8 Å². The van der Waals surface area contributed by atoms with Crippen LogP contribution in [-0.4, -0.2) is 0 Å². The second-order valence-corrected chi connectivity index (χ2v) is 10.6. The third-order valence-electron chi connectivity index (χ3n) is 8.02. The molecule has 0 amide bonds. The van der Waals surface area contributed by atoms with Crippen molar-refractivity contribution in [2.24, 2.45) is 0 Å². The highest BCUT2D eigenvalue weighted by Crippen LogP contribution is 2.39. The van der Waals surface area contributed by atoms with E-state index in [1.807, 2.05) is 12.1 Å². The molecular weight excluding hydrogens is 510 g/mol. The van der Waals surface area contributed by atoms with Crippen molar-refractivity contribution < 1.29 is 4.42 Å². The van der Waals surface area contributed by atoms with Gasteiger partial charge in [-0.05, 0) is 93.7 Å². The molecule has 7 aromatic carbocycles. The lowest BCUT2D eigenvalue weighted by atomic mass is 10.00. The lowest BCUT2D eigenvalue weighted by molar-refractivity contribution is 0.669. The van der Waals surface area contributed by atoms with Gasteiger partial charge in [-0.1, -0.05) is 103 Å². The molecule has 0 aliphatic heterocycles. The predicted octanol–water partition coefficient (Wildman–Crippen LogP) is 11.5. The molecule has 0 saturated carbocycles. The van der Waals surface area contributed by atoms with Gasteiger partial charge in [0.2, 0.25) is 0 Å². The van der Waals surface area contributed by atoms with Crippen molar-refractivity contribution in [2.75, 3.05) is 4.90 Å². The summed E-state index contributed by atoms with van der Waals surface area (Å²) in [7, 11) is 0. The quantitative estimate of drug-likeness (QED) is 0.217. The Hall–Kier alpha value is -5.60. The molecule has 1 aromatic heterocycles. The summed E-state index contributed by atoms with van der Waals surface area (Å²) in [6.45, 7) is 0. The fraction of sp³-hybridized carbons (Fsp3) is 0. The summed E-state index contributed by atoms with van der Waals surface area (Å²) in [6, 6.07) is 58.1. The van der Waals surface area contributed by atoms with Crippen LogP contribution in [0.5, 0.6) is 0 Å². The normalized spacial score (nSPS) is 11.3. The number of fused-ring (bicyclic) bond motifs is 4. The molecule has 198 valence electrons. The summed E-state index contributed by atoms with van der Waals surface area (Å²) in [6.07, 6.45) is 0. The van der Waals surface area contributed by atoms with Gasteiger partial charge in [0.25, 0.3) is 0 Å². The Bertz CT molecular complexity index is 2210. The average molecular weight is 538 g/mol.